The van der Waals surface area contributed by atoms with E-state index in [1.165, 1.54) is 4.31 Å². The quantitative estimate of drug-likeness (QED) is 0.662. The number of nitrogens with zero attached hydrogens (tertiary/aromatic N) is 1. The normalized spacial score (nSPS) is 18.1. The third-order valence-corrected chi connectivity index (χ3v) is 4.76. The zero-order valence-electron chi connectivity index (χ0n) is 8.74. The largest absolute Gasteiger partial charge is 0.214 e. The maximum Gasteiger partial charge on any atom is 0.214 e. The predicted molar refractivity (Wildman–Crippen MR) is 59.1 cm³/mol. The molecule has 3 nitrogen and oxygen atoms in total. The van der Waals surface area contributed by atoms with Gasteiger partial charge in [0.05, 0.1) is 5.75 Å². The minimum atomic E-state index is -3.07. The van der Waals surface area contributed by atoms with E-state index in [9.17, 15) is 8.42 Å². The van der Waals surface area contributed by atoms with Crippen molar-refractivity contribution in [1.82, 2.24) is 4.31 Å². The molecular formula is C9H18ClNO2S. The van der Waals surface area contributed by atoms with Gasteiger partial charge in [-0.1, -0.05) is 0 Å². The van der Waals surface area contributed by atoms with Crippen molar-refractivity contribution in [2.75, 3.05) is 18.2 Å². The average Bonchev–Trinajstić information content (AvgIpc) is 2.82. The molecule has 0 unspecified atom stereocenters. The Kier molecular flexibility index (Phi) is 4.22. The molecule has 0 N–H and O–H groups in total. The fourth-order valence-corrected chi connectivity index (χ4v) is 3.89. The molecule has 1 aliphatic carbocycles. The summed E-state index contributed by atoms with van der Waals surface area (Å²) in [5, 5.41) is 0. The average molecular weight is 240 g/mol. The lowest BCUT2D eigenvalue weighted by molar-refractivity contribution is 0.369. The molecule has 0 atom stereocenters. The summed E-state index contributed by atoms with van der Waals surface area (Å²) in [7, 11) is -3.07. The number of hydrogen-bond acceptors (Lipinski definition) is 2. The van der Waals surface area contributed by atoms with E-state index in [2.05, 4.69) is 0 Å². The lowest BCUT2D eigenvalue weighted by Crippen LogP contribution is -2.40. The molecule has 5 heteroatoms. The first kappa shape index (κ1) is 12.3. The van der Waals surface area contributed by atoms with E-state index in [1.54, 1.807) is 0 Å². The molecular weight excluding hydrogens is 222 g/mol. The zero-order valence-corrected chi connectivity index (χ0v) is 10.3. The topological polar surface area (TPSA) is 37.4 Å². The Bertz CT molecular complexity index is 273. The standard InChI is InChI=1S/C9H18ClNO2S/c1-8(2)11(6-5-10)14(12,13)7-9-3-4-9/h8-9H,3-7H2,1-2H3. The Morgan fingerprint density at radius 1 is 1.43 bits per heavy atom. The molecule has 0 aromatic heterocycles. The number of hydrogen-bond donors (Lipinski definition) is 0. The summed E-state index contributed by atoms with van der Waals surface area (Å²) in [5.74, 6) is 1.07. The molecule has 0 heterocycles. The van der Waals surface area contributed by atoms with Crippen molar-refractivity contribution >= 4 is 21.6 Å². The second-order valence-corrected chi connectivity index (χ2v) is 6.46. The molecule has 1 saturated carbocycles. The molecule has 0 saturated heterocycles. The fourth-order valence-electron chi connectivity index (χ4n) is 1.48. The lowest BCUT2D eigenvalue weighted by Gasteiger charge is -2.24. The van der Waals surface area contributed by atoms with E-state index in [1.807, 2.05) is 13.8 Å². The van der Waals surface area contributed by atoms with E-state index in [0.29, 0.717) is 24.1 Å². The summed E-state index contributed by atoms with van der Waals surface area (Å²) in [5.41, 5.74) is 0. The van der Waals surface area contributed by atoms with Gasteiger partial charge in [-0.2, -0.15) is 4.31 Å². The van der Waals surface area contributed by atoms with Crippen LogP contribution in [0, 0.1) is 5.92 Å². The number of alkyl halides is 1. The van der Waals surface area contributed by atoms with Crippen LogP contribution in [-0.2, 0) is 10.0 Å². The molecule has 0 aromatic rings. The summed E-state index contributed by atoms with van der Waals surface area (Å²) in [6, 6.07) is 0.0116. The Labute approximate surface area is 91.5 Å². The van der Waals surface area contributed by atoms with Crippen molar-refractivity contribution in [2.45, 2.75) is 32.7 Å². The molecule has 0 radical (unpaired) electrons. The Morgan fingerprint density at radius 3 is 2.36 bits per heavy atom. The van der Waals surface area contributed by atoms with Crippen LogP contribution in [0.5, 0.6) is 0 Å². The van der Waals surface area contributed by atoms with Gasteiger partial charge in [-0.15, -0.1) is 11.6 Å². The summed E-state index contributed by atoms with van der Waals surface area (Å²) in [6.45, 7) is 4.20. The van der Waals surface area contributed by atoms with Crippen LogP contribution in [0.25, 0.3) is 0 Å². The fraction of sp³-hybridized carbons (Fsp3) is 1.00. The first-order valence-corrected chi connectivity index (χ1v) is 7.17. The van der Waals surface area contributed by atoms with Crippen LogP contribution < -0.4 is 0 Å². The van der Waals surface area contributed by atoms with Crippen molar-refractivity contribution in [1.29, 1.82) is 0 Å². The summed E-state index contributed by atoms with van der Waals surface area (Å²) >= 11 is 5.59. The third kappa shape index (κ3) is 3.41. The number of rotatable bonds is 6. The van der Waals surface area contributed by atoms with Crippen LogP contribution in [0.2, 0.25) is 0 Å². The van der Waals surface area contributed by atoms with Gasteiger partial charge in [-0.25, -0.2) is 8.42 Å². The molecule has 0 spiro atoms. The number of sulfonamides is 1. The van der Waals surface area contributed by atoms with Crippen LogP contribution in [-0.4, -0.2) is 36.9 Å². The highest BCUT2D eigenvalue weighted by atomic mass is 35.5. The van der Waals surface area contributed by atoms with Crippen molar-refractivity contribution in [3.8, 4) is 0 Å². The zero-order chi connectivity index (χ0) is 10.8. The molecule has 1 aliphatic rings. The Hall–Kier alpha value is 0.200. The van der Waals surface area contributed by atoms with Crippen molar-refractivity contribution in [2.24, 2.45) is 5.92 Å². The van der Waals surface area contributed by atoms with Crippen LogP contribution in [0.1, 0.15) is 26.7 Å². The van der Waals surface area contributed by atoms with Crippen LogP contribution >= 0.6 is 11.6 Å². The molecule has 1 rings (SSSR count). The van der Waals surface area contributed by atoms with Gasteiger partial charge in [0.25, 0.3) is 0 Å². The van der Waals surface area contributed by atoms with Gasteiger partial charge in [0.1, 0.15) is 0 Å². The minimum absolute atomic E-state index is 0.0116. The van der Waals surface area contributed by atoms with Gasteiger partial charge in [0, 0.05) is 18.5 Å². The smallest absolute Gasteiger partial charge is 0.212 e. The molecule has 84 valence electrons. The molecule has 1 fully saturated rings. The van der Waals surface area contributed by atoms with Crippen LogP contribution in [0.3, 0.4) is 0 Å². The van der Waals surface area contributed by atoms with Gasteiger partial charge < -0.3 is 0 Å². The monoisotopic (exact) mass is 239 g/mol. The highest BCUT2D eigenvalue weighted by Crippen LogP contribution is 2.31. The first-order valence-electron chi connectivity index (χ1n) is 5.03. The molecule has 14 heavy (non-hydrogen) atoms. The lowest BCUT2D eigenvalue weighted by atomic mass is 10.4. The minimum Gasteiger partial charge on any atom is -0.212 e. The SMILES string of the molecule is CC(C)N(CCCl)S(=O)(=O)CC1CC1. The highest BCUT2D eigenvalue weighted by molar-refractivity contribution is 7.89. The molecule has 0 aromatic carbocycles. The summed E-state index contributed by atoms with van der Waals surface area (Å²) in [6.07, 6.45) is 2.12. The first-order chi connectivity index (χ1) is 6.47. The maximum atomic E-state index is 11.9. The van der Waals surface area contributed by atoms with Gasteiger partial charge in [0.2, 0.25) is 10.0 Å². The van der Waals surface area contributed by atoms with Crippen molar-refractivity contribution in [3.05, 3.63) is 0 Å². The van der Waals surface area contributed by atoms with E-state index in [4.69, 9.17) is 11.6 Å². The predicted octanol–water partition coefficient (Wildman–Crippen LogP) is 1.68. The van der Waals surface area contributed by atoms with Gasteiger partial charge >= 0.3 is 0 Å². The van der Waals surface area contributed by atoms with Gasteiger partial charge in [-0.3, -0.25) is 0 Å². The Morgan fingerprint density at radius 2 is 2.00 bits per heavy atom. The highest BCUT2D eigenvalue weighted by Gasteiger charge is 2.32. The third-order valence-electron chi connectivity index (χ3n) is 2.38. The van der Waals surface area contributed by atoms with E-state index in [0.717, 1.165) is 12.8 Å². The van der Waals surface area contributed by atoms with E-state index < -0.39 is 10.0 Å². The maximum absolute atomic E-state index is 11.9. The molecule has 0 amide bonds. The van der Waals surface area contributed by atoms with Gasteiger partial charge in [-0.05, 0) is 32.6 Å². The van der Waals surface area contributed by atoms with E-state index >= 15 is 0 Å². The Balaban J connectivity index is 2.63. The van der Waals surface area contributed by atoms with Gasteiger partial charge in [0.15, 0.2) is 0 Å². The van der Waals surface area contributed by atoms with Crippen LogP contribution in [0.4, 0.5) is 0 Å². The second kappa shape index (κ2) is 4.81. The van der Waals surface area contributed by atoms with Crippen LogP contribution in [0.15, 0.2) is 0 Å². The number of halogens is 1. The van der Waals surface area contributed by atoms with Crippen molar-refractivity contribution in [3.63, 3.8) is 0 Å². The van der Waals surface area contributed by atoms with Crippen molar-refractivity contribution < 1.29 is 8.42 Å². The van der Waals surface area contributed by atoms with E-state index in [-0.39, 0.29) is 6.04 Å². The molecule has 0 aliphatic heterocycles. The second-order valence-electron chi connectivity index (χ2n) is 4.12. The summed E-state index contributed by atoms with van der Waals surface area (Å²) < 4.78 is 25.3. The summed E-state index contributed by atoms with van der Waals surface area (Å²) in [4.78, 5) is 0. The molecule has 0 bridgehead atoms.